The zero-order chi connectivity index (χ0) is 30.2. The van der Waals surface area contributed by atoms with Crippen LogP contribution in [0.15, 0.2) is 42.5 Å². The molecule has 0 amide bonds. The van der Waals surface area contributed by atoms with Gasteiger partial charge in [0.15, 0.2) is 0 Å². The Morgan fingerprint density at radius 2 is 1.20 bits per heavy atom. The number of aromatic nitrogens is 1. The van der Waals surface area contributed by atoms with Crippen LogP contribution in [-0.4, -0.2) is 34.2 Å². The van der Waals surface area contributed by atoms with Gasteiger partial charge in [-0.05, 0) is 58.6 Å². The molecule has 0 aliphatic rings. The zero-order valence-corrected chi connectivity index (χ0v) is 26.9. The Morgan fingerprint density at radius 1 is 0.675 bits per heavy atom. The Bertz CT molecular complexity index is 1340. The van der Waals surface area contributed by atoms with Crippen LogP contribution in [-0.2, 0) is 35.9 Å². The third-order valence-corrected chi connectivity index (χ3v) is 7.48. The third-order valence-electron chi connectivity index (χ3n) is 7.48. The van der Waals surface area contributed by atoms with E-state index in [0.29, 0.717) is 31.1 Å². The summed E-state index contributed by atoms with van der Waals surface area (Å²) in [4.78, 5) is 9.14. The van der Waals surface area contributed by atoms with E-state index in [1.54, 1.807) is 0 Å². The van der Waals surface area contributed by atoms with Gasteiger partial charge in [-0.3, -0.25) is 9.88 Å². The number of benzene rings is 2. The van der Waals surface area contributed by atoms with Crippen molar-refractivity contribution in [3.63, 3.8) is 0 Å². The summed E-state index contributed by atoms with van der Waals surface area (Å²) in [6, 6.07) is 14.6. The molecule has 0 bridgehead atoms. The van der Waals surface area contributed by atoms with Gasteiger partial charge < -0.3 is 15.1 Å². The van der Waals surface area contributed by atoms with Crippen molar-refractivity contribution in [2.75, 3.05) is 19.0 Å². The van der Waals surface area contributed by atoms with Gasteiger partial charge in [0.2, 0.25) is 0 Å². The van der Waals surface area contributed by atoms with Gasteiger partial charge in [-0.1, -0.05) is 80.5 Å². The van der Waals surface area contributed by atoms with Gasteiger partial charge in [0, 0.05) is 61.8 Å². The van der Waals surface area contributed by atoms with Crippen molar-refractivity contribution in [2.24, 2.45) is 0 Å². The van der Waals surface area contributed by atoms with E-state index in [9.17, 15) is 10.2 Å². The second-order valence-electron chi connectivity index (χ2n) is 14.6. The quantitative estimate of drug-likeness (QED) is 0.315. The first-order valence-corrected chi connectivity index (χ1v) is 14.3. The largest absolute Gasteiger partial charge is 0.507 e. The molecule has 1 heterocycles. The molecule has 5 heteroatoms. The normalized spacial score (nSPS) is 12.7. The van der Waals surface area contributed by atoms with Gasteiger partial charge in [-0.25, -0.2) is 0 Å². The van der Waals surface area contributed by atoms with Crippen LogP contribution in [0.4, 0.5) is 5.69 Å². The minimum Gasteiger partial charge on any atom is -0.507 e. The lowest BCUT2D eigenvalue weighted by molar-refractivity contribution is 0.237. The van der Waals surface area contributed by atoms with E-state index in [0.717, 1.165) is 39.3 Å². The maximum Gasteiger partial charge on any atom is 0.123 e. The second kappa shape index (κ2) is 11.4. The Balaban J connectivity index is 2.17. The number of hydrogen-bond donors (Lipinski definition) is 2. The zero-order valence-electron chi connectivity index (χ0n) is 26.9. The molecular formula is C35H51N3O2. The van der Waals surface area contributed by atoms with Crippen molar-refractivity contribution in [3.8, 4) is 11.5 Å². The van der Waals surface area contributed by atoms with Crippen LogP contribution in [0.5, 0.6) is 11.5 Å². The predicted octanol–water partition coefficient (Wildman–Crippen LogP) is 7.96. The van der Waals surface area contributed by atoms with Crippen LogP contribution in [0, 0.1) is 6.92 Å². The average molecular weight is 546 g/mol. The maximum absolute atomic E-state index is 11.6. The minimum absolute atomic E-state index is 0.0642. The fraction of sp³-hybridized carbons (Fsp3) is 0.514. The molecule has 3 aromatic rings. The van der Waals surface area contributed by atoms with Crippen LogP contribution >= 0.6 is 0 Å². The van der Waals surface area contributed by atoms with Crippen LogP contribution < -0.4 is 4.90 Å². The van der Waals surface area contributed by atoms with Crippen LogP contribution in [0.1, 0.15) is 102 Å². The molecular weight excluding hydrogens is 494 g/mol. The minimum atomic E-state index is -0.214. The predicted molar refractivity (Wildman–Crippen MR) is 169 cm³/mol. The second-order valence-corrected chi connectivity index (χ2v) is 14.6. The highest BCUT2D eigenvalue weighted by Crippen LogP contribution is 2.40. The SMILES string of the molecule is Cc1cccc(CN(Cc2cc(N(C)C)cc(C(C)(C)C)c2O)Cc2cc(C(C)(C)C)cc(C(C)(C)C)c2O)n1. The standard InChI is InChI=1S/C35H51N3O2/c1-23-14-13-15-27(36-23)22-38(21-25-17-28(37(11)12)19-30(32(25)40)35(8,9)10)20-24-16-26(33(2,3)4)18-29(31(24)39)34(5,6)7/h13-19,39-40H,20-22H2,1-12H3. The molecule has 3 rings (SSSR count). The number of anilines is 1. The number of pyridine rings is 1. The van der Waals surface area contributed by atoms with Crippen molar-refractivity contribution < 1.29 is 10.2 Å². The number of aryl methyl sites for hydroxylation is 1. The summed E-state index contributed by atoms with van der Waals surface area (Å²) in [6.07, 6.45) is 0. The molecule has 0 saturated carbocycles. The van der Waals surface area contributed by atoms with Gasteiger partial charge in [-0.15, -0.1) is 0 Å². The molecule has 1 aromatic heterocycles. The van der Waals surface area contributed by atoms with Crippen molar-refractivity contribution >= 4 is 5.69 Å². The fourth-order valence-corrected chi connectivity index (χ4v) is 5.01. The number of phenolic OH excluding ortho intramolecular Hbond substituents is 2. The fourth-order valence-electron chi connectivity index (χ4n) is 5.01. The lowest BCUT2D eigenvalue weighted by Gasteiger charge is -2.30. The van der Waals surface area contributed by atoms with E-state index in [1.807, 2.05) is 39.2 Å². The monoisotopic (exact) mass is 545 g/mol. The van der Waals surface area contributed by atoms with Crippen molar-refractivity contribution in [3.05, 3.63) is 81.7 Å². The van der Waals surface area contributed by atoms with E-state index in [1.165, 1.54) is 5.56 Å². The van der Waals surface area contributed by atoms with E-state index in [4.69, 9.17) is 4.98 Å². The van der Waals surface area contributed by atoms with Crippen LogP contribution in [0.3, 0.4) is 0 Å². The van der Waals surface area contributed by atoms with E-state index in [-0.39, 0.29) is 16.2 Å². The summed E-state index contributed by atoms with van der Waals surface area (Å²) in [5.74, 6) is 0.688. The molecule has 40 heavy (non-hydrogen) atoms. The lowest BCUT2D eigenvalue weighted by atomic mass is 9.79. The first-order chi connectivity index (χ1) is 18.3. The first-order valence-electron chi connectivity index (χ1n) is 14.3. The molecule has 5 nitrogen and oxygen atoms in total. The Hall–Kier alpha value is -3.05. The number of aromatic hydroxyl groups is 2. The Kier molecular flexibility index (Phi) is 9.00. The number of rotatable bonds is 7. The summed E-state index contributed by atoms with van der Waals surface area (Å²) in [5.41, 5.74) is 7.34. The molecule has 0 saturated heterocycles. The number of nitrogens with zero attached hydrogens (tertiary/aromatic N) is 3. The highest BCUT2D eigenvalue weighted by molar-refractivity contribution is 5.58. The van der Waals surface area contributed by atoms with Gasteiger partial charge >= 0.3 is 0 Å². The van der Waals surface area contributed by atoms with Crippen molar-refractivity contribution in [1.29, 1.82) is 0 Å². The summed E-state index contributed by atoms with van der Waals surface area (Å²) in [7, 11) is 4.06. The summed E-state index contributed by atoms with van der Waals surface area (Å²) in [5, 5.41) is 23.1. The van der Waals surface area contributed by atoms with Gasteiger partial charge in [0.1, 0.15) is 11.5 Å². The van der Waals surface area contributed by atoms with Crippen LogP contribution in [0.2, 0.25) is 0 Å². The molecule has 0 fully saturated rings. The molecule has 218 valence electrons. The topological polar surface area (TPSA) is 59.8 Å². The van der Waals surface area contributed by atoms with E-state index in [2.05, 4.69) is 96.4 Å². The van der Waals surface area contributed by atoms with Gasteiger partial charge in [0.25, 0.3) is 0 Å². The summed E-state index contributed by atoms with van der Waals surface area (Å²) in [6.45, 7) is 23.1. The number of hydrogen-bond acceptors (Lipinski definition) is 5. The summed E-state index contributed by atoms with van der Waals surface area (Å²) >= 11 is 0. The maximum atomic E-state index is 11.6. The average Bonchev–Trinajstić information content (AvgIpc) is 2.79. The third kappa shape index (κ3) is 7.57. The Morgan fingerprint density at radius 3 is 1.68 bits per heavy atom. The van der Waals surface area contributed by atoms with E-state index < -0.39 is 0 Å². The molecule has 0 unspecified atom stereocenters. The van der Waals surface area contributed by atoms with Gasteiger partial charge in [0.05, 0.1) is 5.69 Å². The van der Waals surface area contributed by atoms with E-state index >= 15 is 0 Å². The smallest absolute Gasteiger partial charge is 0.123 e. The molecule has 2 N–H and O–H groups in total. The molecule has 0 aliphatic carbocycles. The number of phenols is 2. The highest BCUT2D eigenvalue weighted by Gasteiger charge is 2.27. The Labute approximate surface area is 242 Å². The molecule has 0 spiro atoms. The molecule has 0 aliphatic heterocycles. The van der Waals surface area contributed by atoms with Gasteiger partial charge in [-0.2, -0.15) is 0 Å². The highest BCUT2D eigenvalue weighted by atomic mass is 16.3. The molecule has 0 atom stereocenters. The lowest BCUT2D eigenvalue weighted by Crippen LogP contribution is -2.25. The molecule has 2 aromatic carbocycles. The van der Waals surface area contributed by atoms with Crippen molar-refractivity contribution in [1.82, 2.24) is 9.88 Å². The summed E-state index contributed by atoms with van der Waals surface area (Å²) < 4.78 is 0. The van der Waals surface area contributed by atoms with Crippen LogP contribution in [0.25, 0.3) is 0 Å². The molecule has 0 radical (unpaired) electrons. The first kappa shape index (κ1) is 31.5. The van der Waals surface area contributed by atoms with Crippen molar-refractivity contribution in [2.45, 2.75) is 105 Å².